The second kappa shape index (κ2) is 10.1. The molecule has 2 heterocycles. The van der Waals surface area contributed by atoms with E-state index >= 15 is 0 Å². The topological polar surface area (TPSA) is 33.2 Å². The van der Waals surface area contributed by atoms with Gasteiger partial charge in [-0.1, -0.05) is 52.3 Å². The molecule has 24 heavy (non-hydrogen) atoms. The van der Waals surface area contributed by atoms with Crippen molar-refractivity contribution in [3.8, 4) is 0 Å². The summed E-state index contributed by atoms with van der Waals surface area (Å²) in [6.07, 6.45) is 4.14. The first-order valence-corrected chi connectivity index (χ1v) is 9.17. The molecule has 1 saturated heterocycles. The molecule has 132 valence electrons. The Kier molecular flexibility index (Phi) is 8.45. The van der Waals surface area contributed by atoms with Crippen LogP contribution in [0.5, 0.6) is 0 Å². The van der Waals surface area contributed by atoms with Crippen LogP contribution in [0.3, 0.4) is 0 Å². The van der Waals surface area contributed by atoms with E-state index in [9.17, 15) is 4.79 Å². The summed E-state index contributed by atoms with van der Waals surface area (Å²) < 4.78 is 0. The molecule has 1 aromatic carbocycles. The van der Waals surface area contributed by atoms with Crippen LogP contribution in [0.15, 0.2) is 30.5 Å². The van der Waals surface area contributed by atoms with Gasteiger partial charge in [0.2, 0.25) is 0 Å². The number of fused-ring (bicyclic) bond motifs is 1. The van der Waals surface area contributed by atoms with Crippen molar-refractivity contribution in [3.63, 3.8) is 0 Å². The van der Waals surface area contributed by atoms with E-state index in [1.165, 1.54) is 22.8 Å². The summed E-state index contributed by atoms with van der Waals surface area (Å²) >= 11 is 0. The molecule has 1 aromatic heterocycles. The molecule has 1 unspecified atom stereocenters. The number of pyridine rings is 1. The van der Waals surface area contributed by atoms with Gasteiger partial charge in [-0.15, -0.1) is 0 Å². The highest BCUT2D eigenvalue weighted by Gasteiger charge is 2.26. The Morgan fingerprint density at radius 1 is 1.29 bits per heavy atom. The maximum absolute atomic E-state index is 11.4. The van der Waals surface area contributed by atoms with Crippen LogP contribution in [-0.4, -0.2) is 23.9 Å². The fraction of sp³-hybridized carbons (Fsp3) is 0.524. The normalized spacial score (nSPS) is 16.1. The van der Waals surface area contributed by atoms with Crippen LogP contribution in [0.25, 0.3) is 10.8 Å². The van der Waals surface area contributed by atoms with Gasteiger partial charge in [-0.3, -0.25) is 4.79 Å². The summed E-state index contributed by atoms with van der Waals surface area (Å²) in [4.78, 5) is 18.2. The fourth-order valence-corrected chi connectivity index (χ4v) is 2.79. The Hall–Kier alpha value is -1.90. The summed E-state index contributed by atoms with van der Waals surface area (Å²) in [6, 6.07) is 8.42. The zero-order chi connectivity index (χ0) is 18.1. The van der Waals surface area contributed by atoms with Crippen LogP contribution >= 0.6 is 0 Å². The number of carbonyl (C=O) groups excluding carboxylic acids is 1. The summed E-state index contributed by atoms with van der Waals surface area (Å²) in [5.74, 6) is 1.45. The SMILES string of the molecule is CC.CC(=O)C1CCN(c2cc3cccc(C)c3cn2)C1.CCC. The van der Waals surface area contributed by atoms with Gasteiger partial charge in [-0.2, -0.15) is 0 Å². The van der Waals surface area contributed by atoms with Gasteiger partial charge < -0.3 is 4.90 Å². The molecule has 3 rings (SSSR count). The van der Waals surface area contributed by atoms with Gasteiger partial charge in [0.15, 0.2) is 0 Å². The number of aryl methyl sites for hydroxylation is 1. The number of hydrogen-bond donors (Lipinski definition) is 0. The second-order valence-corrected chi connectivity index (χ2v) is 6.09. The summed E-state index contributed by atoms with van der Waals surface area (Å²) in [6.45, 7) is 13.8. The predicted octanol–water partition coefficient (Wildman–Crippen LogP) is 5.40. The maximum Gasteiger partial charge on any atom is 0.134 e. The van der Waals surface area contributed by atoms with Crippen molar-refractivity contribution in [3.05, 3.63) is 36.0 Å². The van der Waals surface area contributed by atoms with Crippen molar-refractivity contribution in [1.82, 2.24) is 4.98 Å². The molecule has 0 saturated carbocycles. The lowest BCUT2D eigenvalue weighted by molar-refractivity contribution is -0.120. The average molecular weight is 329 g/mol. The van der Waals surface area contributed by atoms with Crippen LogP contribution in [0.2, 0.25) is 0 Å². The van der Waals surface area contributed by atoms with E-state index in [4.69, 9.17) is 0 Å². The minimum atomic E-state index is 0.176. The molecule has 1 aliphatic rings. The quantitative estimate of drug-likeness (QED) is 0.740. The van der Waals surface area contributed by atoms with E-state index in [1.807, 2.05) is 20.0 Å². The molecule has 0 N–H and O–H groups in total. The highest BCUT2D eigenvalue weighted by atomic mass is 16.1. The van der Waals surface area contributed by atoms with Crippen LogP contribution in [0.1, 0.15) is 53.0 Å². The van der Waals surface area contributed by atoms with Crippen molar-refractivity contribution in [2.45, 2.75) is 54.4 Å². The molecule has 1 atom stereocenters. The van der Waals surface area contributed by atoms with Crippen molar-refractivity contribution in [2.75, 3.05) is 18.0 Å². The van der Waals surface area contributed by atoms with Gasteiger partial charge in [0.25, 0.3) is 0 Å². The van der Waals surface area contributed by atoms with E-state index in [2.05, 4.69) is 54.9 Å². The van der Waals surface area contributed by atoms with E-state index in [0.717, 1.165) is 25.3 Å². The molecular formula is C21H32N2O. The highest BCUT2D eigenvalue weighted by Crippen LogP contribution is 2.26. The molecule has 0 spiro atoms. The van der Waals surface area contributed by atoms with Gasteiger partial charge in [0, 0.05) is 30.6 Å². The lowest BCUT2D eigenvalue weighted by Gasteiger charge is -2.17. The number of rotatable bonds is 2. The smallest absolute Gasteiger partial charge is 0.134 e. The molecule has 3 heteroatoms. The minimum Gasteiger partial charge on any atom is -0.356 e. The first kappa shape index (κ1) is 20.1. The van der Waals surface area contributed by atoms with Crippen LogP contribution < -0.4 is 4.90 Å². The van der Waals surface area contributed by atoms with Crippen LogP contribution in [-0.2, 0) is 4.79 Å². The lowest BCUT2D eigenvalue weighted by atomic mass is 10.1. The highest BCUT2D eigenvalue weighted by molar-refractivity contribution is 5.87. The summed E-state index contributed by atoms with van der Waals surface area (Å²) in [5, 5.41) is 2.42. The van der Waals surface area contributed by atoms with Crippen molar-refractivity contribution >= 4 is 22.4 Å². The van der Waals surface area contributed by atoms with Crippen LogP contribution in [0.4, 0.5) is 5.82 Å². The number of Topliss-reactive ketones (excluding diaryl/α,β-unsaturated/α-hetero) is 1. The third-order valence-electron chi connectivity index (χ3n) is 4.06. The largest absolute Gasteiger partial charge is 0.356 e. The lowest BCUT2D eigenvalue weighted by Crippen LogP contribution is -2.22. The van der Waals surface area contributed by atoms with E-state index in [-0.39, 0.29) is 5.92 Å². The first-order valence-electron chi connectivity index (χ1n) is 9.17. The standard InChI is InChI=1S/C16H18N2O.C3H8.C2H6/c1-11-4-3-5-13-8-16(17-9-15(11)13)18-7-6-14(10-18)12(2)19;1-3-2;1-2/h3-5,8-9,14H,6-7,10H2,1-2H3;3H2,1-2H3;1-2H3. The molecule has 3 nitrogen and oxygen atoms in total. The third kappa shape index (κ3) is 5.05. The number of carbonyl (C=O) groups is 1. The Bertz CT molecular complexity index is 651. The van der Waals surface area contributed by atoms with Gasteiger partial charge in [0.1, 0.15) is 11.6 Å². The fourth-order valence-electron chi connectivity index (χ4n) is 2.79. The molecule has 0 bridgehead atoms. The number of nitrogens with zero attached hydrogens (tertiary/aromatic N) is 2. The molecule has 0 radical (unpaired) electrons. The Morgan fingerprint density at radius 3 is 2.54 bits per heavy atom. The molecule has 1 fully saturated rings. The van der Waals surface area contributed by atoms with Gasteiger partial charge in [-0.25, -0.2) is 4.98 Å². The molecular weight excluding hydrogens is 296 g/mol. The monoisotopic (exact) mass is 328 g/mol. The van der Waals surface area contributed by atoms with E-state index < -0.39 is 0 Å². The summed E-state index contributed by atoms with van der Waals surface area (Å²) in [7, 11) is 0. The molecule has 0 amide bonds. The third-order valence-corrected chi connectivity index (χ3v) is 4.06. The van der Waals surface area contributed by atoms with Crippen molar-refractivity contribution < 1.29 is 4.79 Å². The molecule has 1 aliphatic heterocycles. The second-order valence-electron chi connectivity index (χ2n) is 6.09. The molecule has 0 aliphatic carbocycles. The van der Waals surface area contributed by atoms with Crippen molar-refractivity contribution in [2.24, 2.45) is 5.92 Å². The number of benzene rings is 1. The Morgan fingerprint density at radius 2 is 1.96 bits per heavy atom. The predicted molar refractivity (Wildman–Crippen MR) is 105 cm³/mol. The van der Waals surface area contributed by atoms with Crippen molar-refractivity contribution in [1.29, 1.82) is 0 Å². The van der Waals surface area contributed by atoms with E-state index in [0.29, 0.717) is 5.78 Å². The number of anilines is 1. The average Bonchev–Trinajstić information content (AvgIpc) is 3.08. The number of ketones is 1. The molecule has 2 aromatic rings. The first-order chi connectivity index (χ1) is 11.6. The van der Waals surface area contributed by atoms with Crippen LogP contribution in [0, 0.1) is 12.8 Å². The Balaban J connectivity index is 0.000000521. The van der Waals surface area contributed by atoms with Gasteiger partial charge >= 0.3 is 0 Å². The number of aromatic nitrogens is 1. The number of hydrogen-bond acceptors (Lipinski definition) is 3. The zero-order valence-electron chi connectivity index (χ0n) is 16.1. The summed E-state index contributed by atoms with van der Waals surface area (Å²) in [5.41, 5.74) is 1.25. The minimum absolute atomic E-state index is 0.176. The van der Waals surface area contributed by atoms with Gasteiger partial charge in [0.05, 0.1) is 0 Å². The maximum atomic E-state index is 11.4. The Labute approximate surface area is 147 Å². The van der Waals surface area contributed by atoms with Gasteiger partial charge in [-0.05, 0) is 37.3 Å². The van der Waals surface area contributed by atoms with E-state index in [1.54, 1.807) is 6.92 Å². The zero-order valence-corrected chi connectivity index (χ0v) is 16.1.